The van der Waals surface area contributed by atoms with E-state index in [2.05, 4.69) is 31.8 Å². The van der Waals surface area contributed by atoms with Crippen molar-refractivity contribution in [1.29, 1.82) is 0 Å². The van der Waals surface area contributed by atoms with Gasteiger partial charge >= 0.3 is 6.18 Å². The van der Waals surface area contributed by atoms with E-state index in [-0.39, 0.29) is 25.1 Å². The van der Waals surface area contributed by atoms with Gasteiger partial charge in [0.1, 0.15) is 12.4 Å². The lowest BCUT2D eigenvalue weighted by molar-refractivity contribution is -0.137. The highest BCUT2D eigenvalue weighted by molar-refractivity contribution is 9.10. The molecule has 0 bridgehead atoms. The van der Waals surface area contributed by atoms with Gasteiger partial charge in [-0.15, -0.1) is 0 Å². The van der Waals surface area contributed by atoms with Gasteiger partial charge in [-0.05, 0) is 42.5 Å². The second-order valence-electron chi connectivity index (χ2n) is 7.48. The van der Waals surface area contributed by atoms with E-state index in [0.29, 0.717) is 16.3 Å². The number of nitrogens with one attached hydrogen (secondary N) is 2. The molecule has 0 radical (unpaired) electrons. The quantitative estimate of drug-likeness (QED) is 0.221. The van der Waals surface area contributed by atoms with Gasteiger partial charge in [0.2, 0.25) is 11.8 Å². The maximum Gasteiger partial charge on any atom is 0.416 e. The van der Waals surface area contributed by atoms with Crippen LogP contribution < -0.4 is 15.5 Å². The molecular formula is C25H20BrClF3N3O3. The number of hydrogen-bond acceptors (Lipinski definition) is 4. The highest BCUT2D eigenvalue weighted by atomic mass is 79.9. The summed E-state index contributed by atoms with van der Waals surface area (Å²) in [5.41, 5.74) is 2.82. The van der Waals surface area contributed by atoms with Crippen molar-refractivity contribution >= 4 is 51.2 Å². The molecule has 3 rings (SSSR count). The number of hydrogen-bond donors (Lipinski definition) is 2. The zero-order chi connectivity index (χ0) is 26.1. The van der Waals surface area contributed by atoms with Crippen molar-refractivity contribution in [2.75, 3.05) is 5.32 Å². The molecule has 0 aliphatic heterocycles. The lowest BCUT2D eigenvalue weighted by Crippen LogP contribution is -2.20. The fourth-order valence-corrected chi connectivity index (χ4v) is 3.55. The Morgan fingerprint density at radius 2 is 1.75 bits per heavy atom. The molecule has 6 nitrogen and oxygen atoms in total. The molecule has 3 aromatic carbocycles. The molecule has 0 heterocycles. The highest BCUT2D eigenvalue weighted by Gasteiger charge is 2.30. The first-order chi connectivity index (χ1) is 17.1. The number of carbonyl (C=O) groups is 2. The van der Waals surface area contributed by atoms with Crippen molar-refractivity contribution in [3.63, 3.8) is 0 Å². The number of carbonyl (C=O) groups excluding carboxylic acids is 2. The van der Waals surface area contributed by atoms with Crippen LogP contribution >= 0.6 is 27.5 Å². The summed E-state index contributed by atoms with van der Waals surface area (Å²) in [6.07, 6.45) is -3.57. The van der Waals surface area contributed by atoms with Gasteiger partial charge < -0.3 is 10.1 Å². The van der Waals surface area contributed by atoms with Gasteiger partial charge in [-0.25, -0.2) is 5.43 Å². The maximum absolute atomic E-state index is 12.8. The number of rotatable bonds is 9. The predicted octanol–water partition coefficient (Wildman–Crippen LogP) is 6.57. The molecule has 11 heteroatoms. The summed E-state index contributed by atoms with van der Waals surface area (Å²) in [7, 11) is 0. The van der Waals surface area contributed by atoms with Crippen molar-refractivity contribution in [2.24, 2.45) is 5.10 Å². The van der Waals surface area contributed by atoms with Crippen LogP contribution in [0.1, 0.15) is 29.5 Å². The van der Waals surface area contributed by atoms with Crippen LogP contribution in [0.25, 0.3) is 0 Å². The number of amides is 2. The summed E-state index contributed by atoms with van der Waals surface area (Å²) in [6, 6.07) is 16.8. The van der Waals surface area contributed by atoms with Gasteiger partial charge in [0, 0.05) is 39.2 Å². The lowest BCUT2D eigenvalue weighted by Gasteiger charge is -2.11. The molecule has 0 fully saturated rings. The monoisotopic (exact) mass is 581 g/mol. The van der Waals surface area contributed by atoms with Gasteiger partial charge in [0.05, 0.1) is 11.8 Å². The number of hydrazone groups is 1. The largest absolute Gasteiger partial charge is 0.488 e. The smallest absolute Gasteiger partial charge is 0.416 e. The Morgan fingerprint density at radius 1 is 1.00 bits per heavy atom. The molecule has 0 atom stereocenters. The van der Waals surface area contributed by atoms with Gasteiger partial charge in [-0.2, -0.15) is 18.3 Å². The molecule has 36 heavy (non-hydrogen) atoms. The Balaban J connectivity index is 1.51. The molecule has 0 unspecified atom stereocenters. The Bertz CT molecular complexity index is 1270. The molecule has 0 spiro atoms. The second kappa shape index (κ2) is 12.5. The van der Waals surface area contributed by atoms with Crippen LogP contribution in [0.3, 0.4) is 0 Å². The molecule has 0 saturated carbocycles. The van der Waals surface area contributed by atoms with Crippen LogP contribution in [-0.2, 0) is 22.4 Å². The third kappa shape index (κ3) is 8.39. The summed E-state index contributed by atoms with van der Waals surface area (Å²) in [6.45, 7) is 0.232. The number of benzene rings is 3. The van der Waals surface area contributed by atoms with E-state index >= 15 is 0 Å². The van der Waals surface area contributed by atoms with E-state index in [0.717, 1.165) is 22.2 Å². The summed E-state index contributed by atoms with van der Waals surface area (Å²) in [4.78, 5) is 24.1. The van der Waals surface area contributed by atoms with E-state index in [1.54, 1.807) is 24.3 Å². The average molecular weight is 583 g/mol. The highest BCUT2D eigenvalue weighted by Crippen LogP contribution is 2.30. The molecule has 3 aromatic rings. The predicted molar refractivity (Wildman–Crippen MR) is 135 cm³/mol. The first-order valence-corrected chi connectivity index (χ1v) is 11.7. The van der Waals surface area contributed by atoms with Gasteiger partial charge in [-0.3, -0.25) is 9.59 Å². The number of ether oxygens (including phenoxy) is 1. The summed E-state index contributed by atoms with van der Waals surface area (Å²) in [5.74, 6) is -0.633. The molecule has 2 N–H and O–H groups in total. The van der Waals surface area contributed by atoms with Gasteiger partial charge in [-0.1, -0.05) is 51.8 Å². The van der Waals surface area contributed by atoms with Crippen molar-refractivity contribution < 1.29 is 27.5 Å². The Hall–Kier alpha value is -3.37. The van der Waals surface area contributed by atoms with Crippen molar-refractivity contribution in [1.82, 2.24) is 5.43 Å². The summed E-state index contributed by atoms with van der Waals surface area (Å²) < 4.78 is 45.0. The van der Waals surface area contributed by atoms with Crippen molar-refractivity contribution in [3.05, 3.63) is 92.9 Å². The number of alkyl halides is 3. The zero-order valence-electron chi connectivity index (χ0n) is 18.6. The van der Waals surface area contributed by atoms with Crippen LogP contribution in [0, 0.1) is 0 Å². The topological polar surface area (TPSA) is 79.8 Å². The Kier molecular flexibility index (Phi) is 9.49. The molecule has 0 aliphatic rings. The molecular weight excluding hydrogens is 563 g/mol. The first-order valence-electron chi connectivity index (χ1n) is 10.6. The summed E-state index contributed by atoms with van der Waals surface area (Å²) in [5, 5.41) is 6.83. The van der Waals surface area contributed by atoms with Crippen molar-refractivity contribution in [2.45, 2.75) is 25.6 Å². The Labute approximate surface area is 218 Å². The average Bonchev–Trinajstić information content (AvgIpc) is 2.83. The summed E-state index contributed by atoms with van der Waals surface area (Å²) >= 11 is 9.54. The molecule has 0 aromatic heterocycles. The third-order valence-electron chi connectivity index (χ3n) is 4.76. The normalized spacial score (nSPS) is 11.4. The van der Waals surface area contributed by atoms with E-state index in [9.17, 15) is 22.8 Å². The number of anilines is 1. The van der Waals surface area contributed by atoms with E-state index < -0.39 is 23.6 Å². The minimum atomic E-state index is -4.52. The van der Waals surface area contributed by atoms with Gasteiger partial charge in [0.15, 0.2) is 0 Å². The van der Waals surface area contributed by atoms with Gasteiger partial charge in [0.25, 0.3) is 0 Å². The molecule has 2 amide bonds. The Morgan fingerprint density at radius 3 is 2.50 bits per heavy atom. The third-order valence-corrected chi connectivity index (χ3v) is 5.62. The lowest BCUT2D eigenvalue weighted by atomic mass is 10.2. The van der Waals surface area contributed by atoms with Crippen molar-refractivity contribution in [3.8, 4) is 5.75 Å². The van der Waals surface area contributed by atoms with E-state index in [1.807, 2.05) is 18.2 Å². The molecule has 0 aliphatic carbocycles. The SMILES string of the molecule is O=C(CCC(=O)Nc1cccc(C(F)(F)F)c1)NN=Cc1cc(Br)ccc1OCc1ccccc1Cl. The minimum Gasteiger partial charge on any atom is -0.488 e. The minimum absolute atomic E-state index is 0.00720. The van der Waals surface area contributed by atoms with Crippen LogP contribution in [0.4, 0.5) is 18.9 Å². The standard InChI is InChI=1S/C25H20BrClF3N3O3/c26-19-8-9-22(36-15-16-4-1-2-7-21(16)27)17(12-19)14-31-33-24(35)11-10-23(34)32-20-6-3-5-18(13-20)25(28,29)30/h1-9,12-14H,10-11,15H2,(H,32,34)(H,33,35). The molecule has 188 valence electrons. The second-order valence-corrected chi connectivity index (χ2v) is 8.81. The zero-order valence-corrected chi connectivity index (χ0v) is 21.0. The molecule has 0 saturated heterocycles. The van der Waals surface area contributed by atoms with Crippen LogP contribution in [0.5, 0.6) is 5.75 Å². The number of halogens is 5. The fraction of sp³-hybridized carbons (Fsp3) is 0.160. The first kappa shape index (κ1) is 27.2. The van der Waals surface area contributed by atoms with E-state index in [1.165, 1.54) is 18.3 Å². The van der Waals surface area contributed by atoms with E-state index in [4.69, 9.17) is 16.3 Å². The van der Waals surface area contributed by atoms with Crippen LogP contribution in [-0.4, -0.2) is 18.0 Å². The fourth-order valence-electron chi connectivity index (χ4n) is 2.98. The maximum atomic E-state index is 12.8. The van der Waals surface area contributed by atoms with Crippen LogP contribution in [0.15, 0.2) is 76.3 Å². The number of nitrogens with zero attached hydrogens (tertiary/aromatic N) is 1. The van der Waals surface area contributed by atoms with Crippen LogP contribution in [0.2, 0.25) is 5.02 Å².